The van der Waals surface area contributed by atoms with Crippen LogP contribution in [0.4, 0.5) is 5.69 Å². The van der Waals surface area contributed by atoms with Crippen LogP contribution in [0.5, 0.6) is 5.75 Å². The lowest BCUT2D eigenvalue weighted by molar-refractivity contribution is -0.116. The normalized spacial score (nSPS) is 10.6. The number of carbonyl (C=O) groups is 2. The molecule has 3 aromatic rings. The Morgan fingerprint density at radius 1 is 1.12 bits per heavy atom. The molecular formula is C20H19NO4. The third kappa shape index (κ3) is 3.55. The molecule has 1 heterocycles. The molecule has 3 rings (SSSR count). The number of furan rings is 1. The Labute approximate surface area is 145 Å². The van der Waals surface area contributed by atoms with Crippen molar-refractivity contribution in [1.82, 2.24) is 0 Å². The van der Waals surface area contributed by atoms with Gasteiger partial charge >= 0.3 is 0 Å². The lowest BCUT2D eigenvalue weighted by atomic mass is 10.1. The molecule has 0 aliphatic carbocycles. The topological polar surface area (TPSA) is 68.5 Å². The Balaban J connectivity index is 1.82. The highest BCUT2D eigenvalue weighted by atomic mass is 16.5. The molecular weight excluding hydrogens is 318 g/mol. The summed E-state index contributed by atoms with van der Waals surface area (Å²) in [6.45, 7) is 1.95. The van der Waals surface area contributed by atoms with Gasteiger partial charge in [0, 0.05) is 17.7 Å². The maximum atomic E-state index is 12.6. The Hall–Kier alpha value is -3.08. The average molecular weight is 337 g/mol. The molecule has 1 N–H and O–H groups in total. The van der Waals surface area contributed by atoms with Gasteiger partial charge in [-0.3, -0.25) is 9.59 Å². The van der Waals surface area contributed by atoms with E-state index in [2.05, 4.69) is 5.32 Å². The molecule has 0 spiro atoms. The third-order valence-corrected chi connectivity index (χ3v) is 3.87. The average Bonchev–Trinajstić information content (AvgIpc) is 3.06. The van der Waals surface area contributed by atoms with E-state index in [0.29, 0.717) is 29.0 Å². The van der Waals surface area contributed by atoms with Crippen LogP contribution in [0.15, 0.2) is 52.9 Å². The molecule has 0 atom stereocenters. The minimum absolute atomic E-state index is 0.0362. The molecule has 1 amide bonds. The van der Waals surface area contributed by atoms with Crippen LogP contribution >= 0.6 is 0 Å². The van der Waals surface area contributed by atoms with E-state index in [-0.39, 0.29) is 17.5 Å². The summed E-state index contributed by atoms with van der Waals surface area (Å²) in [5.41, 5.74) is 1.76. The predicted molar refractivity (Wildman–Crippen MR) is 96.2 cm³/mol. The van der Waals surface area contributed by atoms with Gasteiger partial charge in [0.25, 0.3) is 0 Å². The van der Waals surface area contributed by atoms with Crippen LogP contribution in [-0.4, -0.2) is 18.8 Å². The van der Waals surface area contributed by atoms with Gasteiger partial charge in [-0.25, -0.2) is 0 Å². The smallest absolute Gasteiger partial charge is 0.228 e. The summed E-state index contributed by atoms with van der Waals surface area (Å²) in [5.74, 6) is 0.659. The second kappa shape index (κ2) is 7.21. The molecule has 5 heteroatoms. The van der Waals surface area contributed by atoms with Crippen molar-refractivity contribution in [2.75, 3.05) is 12.4 Å². The summed E-state index contributed by atoms with van der Waals surface area (Å²) in [4.78, 5) is 24.2. The van der Waals surface area contributed by atoms with Crippen LogP contribution in [0.3, 0.4) is 0 Å². The lowest BCUT2D eigenvalue weighted by Gasteiger charge is -2.05. The van der Waals surface area contributed by atoms with Crippen LogP contribution < -0.4 is 10.1 Å². The van der Waals surface area contributed by atoms with E-state index >= 15 is 0 Å². The maximum Gasteiger partial charge on any atom is 0.228 e. The molecule has 5 nitrogen and oxygen atoms in total. The van der Waals surface area contributed by atoms with Crippen molar-refractivity contribution in [3.63, 3.8) is 0 Å². The van der Waals surface area contributed by atoms with E-state index in [0.717, 1.165) is 11.8 Å². The molecule has 25 heavy (non-hydrogen) atoms. The number of hydrogen-bond donors (Lipinski definition) is 1. The molecule has 0 saturated carbocycles. The number of ketones is 1. The van der Waals surface area contributed by atoms with Gasteiger partial charge in [-0.05, 0) is 48.9 Å². The van der Waals surface area contributed by atoms with Crippen molar-refractivity contribution in [3.05, 3.63) is 59.9 Å². The van der Waals surface area contributed by atoms with Gasteiger partial charge in [0.2, 0.25) is 11.7 Å². The van der Waals surface area contributed by atoms with Gasteiger partial charge < -0.3 is 14.5 Å². The van der Waals surface area contributed by atoms with Gasteiger partial charge in [0.15, 0.2) is 5.76 Å². The van der Waals surface area contributed by atoms with Crippen molar-refractivity contribution in [2.24, 2.45) is 0 Å². The summed E-state index contributed by atoms with van der Waals surface area (Å²) < 4.78 is 10.9. The van der Waals surface area contributed by atoms with Gasteiger partial charge in [-0.1, -0.05) is 13.0 Å². The quantitative estimate of drug-likeness (QED) is 0.676. The van der Waals surface area contributed by atoms with E-state index in [1.54, 1.807) is 43.5 Å². The first kappa shape index (κ1) is 16.8. The van der Waals surface area contributed by atoms with E-state index in [1.165, 1.54) is 0 Å². The number of benzene rings is 2. The molecule has 0 aliphatic heterocycles. The summed E-state index contributed by atoms with van der Waals surface area (Å²) in [6, 6.07) is 13.9. The molecule has 2 aromatic carbocycles. The standard InChI is InChI=1S/C20H19NO4/c1-3-5-19(22)21-14-10-8-13(9-11-14)20(23)18-12-15-16(24-2)6-4-7-17(15)25-18/h4,6-12H,3,5H2,1-2H3,(H,21,22). The molecule has 0 unspecified atom stereocenters. The predicted octanol–water partition coefficient (Wildman–Crippen LogP) is 4.41. The highest BCUT2D eigenvalue weighted by Crippen LogP contribution is 2.29. The van der Waals surface area contributed by atoms with Crippen LogP contribution in [0.2, 0.25) is 0 Å². The zero-order chi connectivity index (χ0) is 17.8. The van der Waals surface area contributed by atoms with Crippen molar-refractivity contribution in [2.45, 2.75) is 19.8 Å². The minimum Gasteiger partial charge on any atom is -0.496 e. The van der Waals surface area contributed by atoms with Crippen molar-refractivity contribution in [3.8, 4) is 5.75 Å². The van der Waals surface area contributed by atoms with Gasteiger partial charge in [0.1, 0.15) is 11.3 Å². The number of methoxy groups -OCH3 is 1. The fraction of sp³-hybridized carbons (Fsp3) is 0.200. The molecule has 128 valence electrons. The number of amides is 1. The maximum absolute atomic E-state index is 12.6. The summed E-state index contributed by atoms with van der Waals surface area (Å²) in [5, 5.41) is 3.56. The zero-order valence-corrected chi connectivity index (χ0v) is 14.2. The Morgan fingerprint density at radius 2 is 1.88 bits per heavy atom. The first-order chi connectivity index (χ1) is 12.1. The van der Waals surface area contributed by atoms with E-state index in [4.69, 9.17) is 9.15 Å². The fourth-order valence-electron chi connectivity index (χ4n) is 2.62. The van der Waals surface area contributed by atoms with Crippen LogP contribution in [0.1, 0.15) is 35.9 Å². The third-order valence-electron chi connectivity index (χ3n) is 3.87. The second-order valence-electron chi connectivity index (χ2n) is 5.69. The van der Waals surface area contributed by atoms with Gasteiger partial charge in [-0.15, -0.1) is 0 Å². The van der Waals surface area contributed by atoms with Crippen molar-refractivity contribution < 1.29 is 18.7 Å². The number of hydrogen-bond acceptors (Lipinski definition) is 4. The Kier molecular flexibility index (Phi) is 4.84. The van der Waals surface area contributed by atoms with E-state index in [1.807, 2.05) is 19.1 Å². The number of carbonyl (C=O) groups excluding carboxylic acids is 2. The Bertz CT molecular complexity index is 909. The molecule has 0 saturated heterocycles. The molecule has 0 fully saturated rings. The summed E-state index contributed by atoms with van der Waals surface area (Å²) >= 11 is 0. The minimum atomic E-state index is -0.218. The number of nitrogens with one attached hydrogen (secondary N) is 1. The molecule has 0 bridgehead atoms. The van der Waals surface area contributed by atoms with E-state index < -0.39 is 0 Å². The fourth-order valence-corrected chi connectivity index (χ4v) is 2.62. The Morgan fingerprint density at radius 3 is 2.56 bits per heavy atom. The highest BCUT2D eigenvalue weighted by molar-refractivity contribution is 6.09. The van der Waals surface area contributed by atoms with E-state index in [9.17, 15) is 9.59 Å². The SMILES string of the molecule is CCCC(=O)Nc1ccc(C(=O)c2cc3c(OC)cccc3o2)cc1. The first-order valence-electron chi connectivity index (χ1n) is 8.13. The number of fused-ring (bicyclic) bond motifs is 1. The first-order valence-corrected chi connectivity index (χ1v) is 8.13. The molecule has 0 radical (unpaired) electrons. The van der Waals surface area contributed by atoms with Gasteiger partial charge in [0.05, 0.1) is 12.5 Å². The number of ether oxygens (including phenoxy) is 1. The molecule has 1 aromatic heterocycles. The largest absolute Gasteiger partial charge is 0.496 e. The van der Waals surface area contributed by atoms with Crippen LogP contribution in [0.25, 0.3) is 11.0 Å². The van der Waals surface area contributed by atoms with Crippen molar-refractivity contribution >= 4 is 28.3 Å². The van der Waals surface area contributed by atoms with Crippen molar-refractivity contribution in [1.29, 1.82) is 0 Å². The van der Waals surface area contributed by atoms with Crippen LogP contribution in [-0.2, 0) is 4.79 Å². The number of rotatable bonds is 6. The lowest BCUT2D eigenvalue weighted by Crippen LogP contribution is -2.10. The highest BCUT2D eigenvalue weighted by Gasteiger charge is 2.16. The second-order valence-corrected chi connectivity index (χ2v) is 5.69. The summed E-state index contributed by atoms with van der Waals surface area (Å²) in [7, 11) is 1.58. The number of anilines is 1. The molecule has 0 aliphatic rings. The monoisotopic (exact) mass is 337 g/mol. The van der Waals surface area contributed by atoms with Gasteiger partial charge in [-0.2, -0.15) is 0 Å². The summed E-state index contributed by atoms with van der Waals surface area (Å²) in [6.07, 6.45) is 1.26. The zero-order valence-electron chi connectivity index (χ0n) is 14.2. The van der Waals surface area contributed by atoms with Crippen LogP contribution in [0, 0.1) is 0 Å².